The zero-order chi connectivity index (χ0) is 15.1. The van der Waals surface area contributed by atoms with Crippen molar-refractivity contribution < 1.29 is 9.13 Å². The van der Waals surface area contributed by atoms with Crippen molar-refractivity contribution in [2.75, 3.05) is 5.32 Å². The number of hydrogen-bond donors (Lipinski definition) is 1. The number of benzene rings is 1. The summed E-state index contributed by atoms with van der Waals surface area (Å²) in [6.45, 7) is 3.59. The first kappa shape index (κ1) is 15.0. The van der Waals surface area contributed by atoms with Gasteiger partial charge >= 0.3 is 0 Å². The number of nitriles is 3. The molecule has 0 heterocycles. The Hall–Kier alpha value is -3.04. The molecule has 0 fully saturated rings. The van der Waals surface area contributed by atoms with E-state index in [1.165, 1.54) is 12.1 Å². The summed E-state index contributed by atoms with van der Waals surface area (Å²) < 4.78 is 18.7. The van der Waals surface area contributed by atoms with Gasteiger partial charge in [-0.2, -0.15) is 15.8 Å². The lowest BCUT2D eigenvalue weighted by molar-refractivity contribution is 0.243. The Kier molecular flexibility index (Phi) is 5.09. The molecule has 20 heavy (non-hydrogen) atoms. The van der Waals surface area contributed by atoms with Crippen molar-refractivity contribution in [1.29, 1.82) is 15.8 Å². The van der Waals surface area contributed by atoms with Crippen LogP contribution in [0.3, 0.4) is 0 Å². The Morgan fingerprint density at radius 3 is 2.35 bits per heavy atom. The minimum absolute atomic E-state index is 0.151. The van der Waals surface area contributed by atoms with Crippen molar-refractivity contribution in [3.05, 3.63) is 35.3 Å². The summed E-state index contributed by atoms with van der Waals surface area (Å²) in [6.07, 6.45) is -0.151. The van der Waals surface area contributed by atoms with Gasteiger partial charge in [0.15, 0.2) is 5.57 Å². The van der Waals surface area contributed by atoms with Gasteiger partial charge < -0.3 is 10.1 Å². The van der Waals surface area contributed by atoms with Gasteiger partial charge in [-0.3, -0.25) is 0 Å². The molecule has 0 saturated carbocycles. The number of nitrogens with one attached hydrogen (secondary N) is 1. The molecule has 0 aromatic heterocycles. The van der Waals surface area contributed by atoms with Crippen LogP contribution in [0, 0.1) is 39.8 Å². The maximum atomic E-state index is 13.3. The molecule has 1 N–H and O–H groups in total. The molecule has 0 aliphatic carbocycles. The van der Waals surface area contributed by atoms with Crippen molar-refractivity contribution in [1.82, 2.24) is 0 Å². The predicted octanol–water partition coefficient (Wildman–Crippen LogP) is 2.85. The standard InChI is InChI=1S/C14H11FN4O/c1-9(2)20-14-4-3-11(15)5-12(14)19-13(8-18)10(6-16)7-17/h3-5,9,19H,1-2H3. The number of hydrogen-bond acceptors (Lipinski definition) is 5. The van der Waals surface area contributed by atoms with Gasteiger partial charge in [0, 0.05) is 6.07 Å². The van der Waals surface area contributed by atoms with Gasteiger partial charge in [-0.05, 0) is 26.0 Å². The van der Waals surface area contributed by atoms with Crippen LogP contribution in [0.15, 0.2) is 29.5 Å². The highest BCUT2D eigenvalue weighted by Crippen LogP contribution is 2.28. The smallest absolute Gasteiger partial charge is 0.163 e. The van der Waals surface area contributed by atoms with Crippen LogP contribution in [0.25, 0.3) is 0 Å². The number of allylic oxidation sites excluding steroid dienone is 2. The summed E-state index contributed by atoms with van der Waals surface area (Å²) in [5, 5.41) is 29.0. The van der Waals surface area contributed by atoms with Crippen LogP contribution in [-0.4, -0.2) is 6.10 Å². The Balaban J connectivity index is 3.24. The van der Waals surface area contributed by atoms with Gasteiger partial charge in [-0.25, -0.2) is 4.39 Å². The SMILES string of the molecule is CC(C)Oc1ccc(F)cc1NC(C#N)=C(C#N)C#N. The maximum absolute atomic E-state index is 13.3. The van der Waals surface area contributed by atoms with Gasteiger partial charge in [0.25, 0.3) is 0 Å². The monoisotopic (exact) mass is 270 g/mol. The van der Waals surface area contributed by atoms with Gasteiger partial charge in [-0.15, -0.1) is 0 Å². The molecule has 0 amide bonds. The molecule has 5 nitrogen and oxygen atoms in total. The quantitative estimate of drug-likeness (QED) is 0.849. The number of halogens is 1. The highest BCUT2D eigenvalue weighted by Gasteiger charge is 2.12. The predicted molar refractivity (Wildman–Crippen MR) is 69.7 cm³/mol. The second kappa shape index (κ2) is 6.78. The van der Waals surface area contributed by atoms with E-state index < -0.39 is 5.82 Å². The summed E-state index contributed by atoms with van der Waals surface area (Å²) >= 11 is 0. The maximum Gasteiger partial charge on any atom is 0.163 e. The number of anilines is 1. The van der Waals surface area contributed by atoms with Crippen LogP contribution in [0.1, 0.15) is 13.8 Å². The van der Waals surface area contributed by atoms with Crippen LogP contribution in [-0.2, 0) is 0 Å². The van der Waals surface area contributed by atoms with Crippen molar-refractivity contribution in [2.24, 2.45) is 0 Å². The second-order valence-corrected chi connectivity index (χ2v) is 4.02. The molecule has 0 bridgehead atoms. The average molecular weight is 270 g/mol. The second-order valence-electron chi connectivity index (χ2n) is 4.02. The number of nitrogens with zero attached hydrogens (tertiary/aromatic N) is 3. The Morgan fingerprint density at radius 2 is 1.85 bits per heavy atom. The van der Waals surface area contributed by atoms with Crippen LogP contribution in [0.5, 0.6) is 5.75 Å². The molecule has 1 aromatic rings. The molecule has 0 spiro atoms. The van der Waals surface area contributed by atoms with E-state index in [-0.39, 0.29) is 23.1 Å². The third-order valence-corrected chi connectivity index (χ3v) is 2.15. The molecule has 0 aliphatic heterocycles. The fourth-order valence-corrected chi connectivity index (χ4v) is 1.37. The van der Waals surface area contributed by atoms with E-state index in [2.05, 4.69) is 5.32 Å². The van der Waals surface area contributed by atoms with Gasteiger partial charge in [0.2, 0.25) is 0 Å². The van der Waals surface area contributed by atoms with E-state index in [9.17, 15) is 4.39 Å². The third kappa shape index (κ3) is 3.73. The Morgan fingerprint density at radius 1 is 1.20 bits per heavy atom. The first-order valence-corrected chi connectivity index (χ1v) is 5.69. The molecule has 0 radical (unpaired) electrons. The van der Waals surface area contributed by atoms with E-state index in [4.69, 9.17) is 20.5 Å². The highest BCUT2D eigenvalue weighted by molar-refractivity contribution is 5.64. The van der Waals surface area contributed by atoms with Crippen molar-refractivity contribution >= 4 is 5.69 Å². The van der Waals surface area contributed by atoms with Gasteiger partial charge in [0.05, 0.1) is 11.8 Å². The van der Waals surface area contributed by atoms with Crippen molar-refractivity contribution in [2.45, 2.75) is 20.0 Å². The van der Waals surface area contributed by atoms with Crippen LogP contribution < -0.4 is 10.1 Å². The number of ether oxygens (including phenoxy) is 1. The lowest BCUT2D eigenvalue weighted by Gasteiger charge is -2.15. The van der Waals surface area contributed by atoms with E-state index in [1.807, 2.05) is 0 Å². The average Bonchev–Trinajstić information content (AvgIpc) is 2.41. The van der Waals surface area contributed by atoms with Crippen LogP contribution >= 0.6 is 0 Å². The molecule has 0 aliphatic rings. The van der Waals surface area contributed by atoms with Crippen LogP contribution in [0.4, 0.5) is 10.1 Å². The largest absolute Gasteiger partial charge is 0.489 e. The summed E-state index contributed by atoms with van der Waals surface area (Å²) in [7, 11) is 0. The van der Waals surface area contributed by atoms with Gasteiger partial charge in [0.1, 0.15) is 35.5 Å². The van der Waals surface area contributed by atoms with Crippen molar-refractivity contribution in [3.63, 3.8) is 0 Å². The summed E-state index contributed by atoms with van der Waals surface area (Å²) in [5.41, 5.74) is -0.459. The normalized spacial score (nSPS) is 9.05. The molecule has 100 valence electrons. The summed E-state index contributed by atoms with van der Waals surface area (Å²) in [6, 6.07) is 8.64. The zero-order valence-electron chi connectivity index (χ0n) is 10.9. The molecule has 1 rings (SSSR count). The third-order valence-electron chi connectivity index (χ3n) is 2.15. The van der Waals surface area contributed by atoms with Crippen LogP contribution in [0.2, 0.25) is 0 Å². The lowest BCUT2D eigenvalue weighted by atomic mass is 10.2. The van der Waals surface area contributed by atoms with E-state index in [1.54, 1.807) is 32.1 Å². The Labute approximate surface area is 116 Å². The molecule has 6 heteroatoms. The first-order valence-electron chi connectivity index (χ1n) is 5.69. The first-order chi connectivity index (χ1) is 9.51. The minimum atomic E-state index is -0.531. The molecule has 0 unspecified atom stereocenters. The fourth-order valence-electron chi connectivity index (χ4n) is 1.37. The Bertz CT molecular complexity index is 643. The van der Waals surface area contributed by atoms with Crippen molar-refractivity contribution in [3.8, 4) is 24.0 Å². The molecule has 0 atom stereocenters. The summed E-state index contributed by atoms with van der Waals surface area (Å²) in [5.74, 6) is -0.208. The van der Waals surface area contributed by atoms with Gasteiger partial charge in [-0.1, -0.05) is 0 Å². The minimum Gasteiger partial charge on any atom is -0.489 e. The lowest BCUT2D eigenvalue weighted by Crippen LogP contribution is -2.09. The zero-order valence-corrected chi connectivity index (χ0v) is 10.9. The van der Waals surface area contributed by atoms with E-state index in [0.29, 0.717) is 5.75 Å². The topological polar surface area (TPSA) is 92.6 Å². The number of rotatable bonds is 4. The molecular formula is C14H11FN4O. The highest BCUT2D eigenvalue weighted by atomic mass is 19.1. The van der Waals surface area contributed by atoms with E-state index in [0.717, 1.165) is 6.07 Å². The fraction of sp³-hybridized carbons (Fsp3) is 0.214. The molecular weight excluding hydrogens is 259 g/mol. The summed E-state index contributed by atoms with van der Waals surface area (Å²) in [4.78, 5) is 0. The molecule has 0 saturated heterocycles. The van der Waals surface area contributed by atoms with E-state index >= 15 is 0 Å². The molecule has 1 aromatic carbocycles.